The third-order valence-electron chi connectivity index (χ3n) is 7.30. The summed E-state index contributed by atoms with van der Waals surface area (Å²) in [6.45, 7) is 4.00. The van der Waals surface area contributed by atoms with E-state index in [2.05, 4.69) is 19.1 Å². The van der Waals surface area contributed by atoms with Crippen molar-refractivity contribution < 1.29 is 14.0 Å². The summed E-state index contributed by atoms with van der Waals surface area (Å²) < 4.78 is 14.4. The monoisotopic (exact) mass is 406 g/mol. The molecule has 156 valence electrons. The molecule has 5 rings (SSSR count). The van der Waals surface area contributed by atoms with Gasteiger partial charge in [-0.15, -0.1) is 0 Å². The van der Waals surface area contributed by atoms with E-state index in [1.54, 1.807) is 18.2 Å². The number of rotatable bonds is 3. The Morgan fingerprint density at radius 1 is 0.967 bits per heavy atom. The summed E-state index contributed by atoms with van der Waals surface area (Å²) in [7, 11) is 0. The van der Waals surface area contributed by atoms with Crippen LogP contribution >= 0.6 is 0 Å². The average Bonchev–Trinajstić information content (AvgIpc) is 3.25. The van der Waals surface area contributed by atoms with Crippen molar-refractivity contribution in [3.63, 3.8) is 0 Å². The predicted molar refractivity (Wildman–Crippen MR) is 112 cm³/mol. The van der Waals surface area contributed by atoms with Crippen molar-refractivity contribution in [3.8, 4) is 0 Å². The van der Waals surface area contributed by atoms with Crippen LogP contribution < -0.4 is 0 Å². The van der Waals surface area contributed by atoms with Crippen LogP contribution in [0.25, 0.3) is 0 Å². The molecule has 3 atom stereocenters. The van der Waals surface area contributed by atoms with Crippen molar-refractivity contribution in [2.24, 2.45) is 17.8 Å². The minimum atomic E-state index is -0.482. The zero-order valence-corrected chi connectivity index (χ0v) is 17.3. The van der Waals surface area contributed by atoms with Crippen molar-refractivity contribution in [1.82, 2.24) is 9.80 Å². The summed E-state index contributed by atoms with van der Waals surface area (Å²) in [5, 5.41) is 0. The minimum absolute atomic E-state index is 0.124. The minimum Gasteiger partial charge on any atom is -0.342 e. The second-order valence-electron chi connectivity index (χ2n) is 9.03. The molecule has 3 aliphatic rings. The summed E-state index contributed by atoms with van der Waals surface area (Å²) in [5.41, 5.74) is 2.35. The van der Waals surface area contributed by atoms with Crippen LogP contribution in [-0.2, 0) is 4.79 Å². The van der Waals surface area contributed by atoms with E-state index in [0.29, 0.717) is 19.6 Å². The Labute approximate surface area is 176 Å². The topological polar surface area (TPSA) is 40.6 Å². The molecule has 0 unspecified atom stereocenters. The summed E-state index contributed by atoms with van der Waals surface area (Å²) in [6, 6.07) is 14.2. The molecule has 30 heavy (non-hydrogen) atoms. The second kappa shape index (κ2) is 7.53. The van der Waals surface area contributed by atoms with E-state index in [9.17, 15) is 14.0 Å². The van der Waals surface area contributed by atoms with Gasteiger partial charge in [0.25, 0.3) is 5.91 Å². The van der Waals surface area contributed by atoms with Gasteiger partial charge in [0.2, 0.25) is 5.91 Å². The van der Waals surface area contributed by atoms with Gasteiger partial charge in [-0.05, 0) is 43.0 Å². The number of carbonyl (C=O) groups excluding carboxylic acids is 2. The van der Waals surface area contributed by atoms with E-state index in [0.717, 1.165) is 30.4 Å². The molecule has 2 aromatic rings. The van der Waals surface area contributed by atoms with Crippen LogP contribution in [0, 0.1) is 30.5 Å². The highest BCUT2D eigenvalue weighted by Crippen LogP contribution is 2.47. The van der Waals surface area contributed by atoms with Crippen LogP contribution in [-0.4, -0.2) is 41.2 Å². The predicted octanol–water partition coefficient (Wildman–Crippen LogP) is 4.21. The number of halogens is 1. The van der Waals surface area contributed by atoms with Crippen molar-refractivity contribution in [2.45, 2.75) is 32.2 Å². The summed E-state index contributed by atoms with van der Waals surface area (Å²) in [4.78, 5) is 30.1. The Bertz CT molecular complexity index is 987. The molecular formula is C25H27FN2O2. The van der Waals surface area contributed by atoms with E-state index in [1.807, 2.05) is 21.9 Å². The normalized spacial score (nSPS) is 25.9. The third kappa shape index (κ3) is 3.11. The van der Waals surface area contributed by atoms with Gasteiger partial charge < -0.3 is 9.80 Å². The summed E-state index contributed by atoms with van der Waals surface area (Å²) in [5.74, 6) is 0.153. The Morgan fingerprint density at radius 2 is 1.70 bits per heavy atom. The lowest BCUT2D eigenvalue weighted by Gasteiger charge is -2.33. The van der Waals surface area contributed by atoms with E-state index < -0.39 is 5.82 Å². The number of benzene rings is 2. The van der Waals surface area contributed by atoms with Gasteiger partial charge in [-0.2, -0.15) is 0 Å². The highest BCUT2D eigenvalue weighted by Gasteiger charge is 2.51. The maximum Gasteiger partial charge on any atom is 0.257 e. The van der Waals surface area contributed by atoms with Gasteiger partial charge in [-0.1, -0.05) is 42.8 Å². The molecule has 1 saturated carbocycles. The molecular weight excluding hydrogens is 379 g/mol. The molecule has 0 aromatic heterocycles. The Morgan fingerprint density at radius 3 is 2.40 bits per heavy atom. The largest absolute Gasteiger partial charge is 0.342 e. The first-order chi connectivity index (χ1) is 14.5. The van der Waals surface area contributed by atoms with Crippen molar-refractivity contribution >= 4 is 11.8 Å². The first kappa shape index (κ1) is 19.3. The molecule has 1 aliphatic carbocycles. The molecule has 0 spiro atoms. The molecule has 2 aromatic carbocycles. The number of nitrogens with zero attached hydrogens (tertiary/aromatic N) is 2. The number of fused-ring (bicyclic) bond motifs is 1. The molecule has 0 N–H and O–H groups in total. The van der Waals surface area contributed by atoms with Crippen LogP contribution in [0.3, 0.4) is 0 Å². The van der Waals surface area contributed by atoms with Crippen molar-refractivity contribution in [2.75, 3.05) is 19.6 Å². The Kier molecular flexibility index (Phi) is 4.84. The lowest BCUT2D eigenvalue weighted by atomic mass is 9.84. The maximum absolute atomic E-state index is 14.4. The van der Waals surface area contributed by atoms with Crippen LogP contribution in [0.1, 0.15) is 46.8 Å². The molecule has 2 saturated heterocycles. The van der Waals surface area contributed by atoms with Gasteiger partial charge in [0.1, 0.15) is 5.82 Å². The molecule has 5 heteroatoms. The first-order valence-corrected chi connectivity index (χ1v) is 10.9. The fraction of sp³-hybridized carbons (Fsp3) is 0.440. The van der Waals surface area contributed by atoms with Gasteiger partial charge in [-0.25, -0.2) is 4.39 Å². The number of carbonyl (C=O) groups is 2. The number of hydrogen-bond acceptors (Lipinski definition) is 2. The average molecular weight is 407 g/mol. The molecule has 2 heterocycles. The van der Waals surface area contributed by atoms with E-state index in [4.69, 9.17) is 0 Å². The van der Waals surface area contributed by atoms with Gasteiger partial charge >= 0.3 is 0 Å². The zero-order valence-electron chi connectivity index (χ0n) is 17.3. The maximum atomic E-state index is 14.4. The van der Waals surface area contributed by atoms with Crippen LogP contribution in [0.5, 0.6) is 0 Å². The van der Waals surface area contributed by atoms with Crippen LogP contribution in [0.15, 0.2) is 48.5 Å². The van der Waals surface area contributed by atoms with Gasteiger partial charge in [0, 0.05) is 37.4 Å². The summed E-state index contributed by atoms with van der Waals surface area (Å²) >= 11 is 0. The standard InChI is InChI=1S/C25H27FN2O2/c1-16-7-2-3-10-19(16)23-21-15-27(24(29)17-8-6-9-17)13-18(21)14-28(23)25(30)20-11-4-5-12-22(20)26/h2-5,7,10-12,17-18,21,23H,6,8-9,13-15H2,1H3/t18-,21-,23+/m0/s1. The summed E-state index contributed by atoms with van der Waals surface area (Å²) in [6.07, 6.45) is 3.15. The Hall–Kier alpha value is -2.69. The lowest BCUT2D eigenvalue weighted by Crippen LogP contribution is -2.41. The third-order valence-corrected chi connectivity index (χ3v) is 7.30. The second-order valence-corrected chi connectivity index (χ2v) is 9.03. The lowest BCUT2D eigenvalue weighted by molar-refractivity contribution is -0.137. The number of likely N-dealkylation sites (tertiary alicyclic amines) is 2. The fourth-order valence-electron chi connectivity index (χ4n) is 5.45. The molecule has 4 nitrogen and oxygen atoms in total. The van der Waals surface area contributed by atoms with E-state index in [1.165, 1.54) is 6.07 Å². The number of aryl methyl sites for hydroxylation is 1. The Balaban J connectivity index is 1.47. The fourth-order valence-corrected chi connectivity index (χ4v) is 5.45. The zero-order chi connectivity index (χ0) is 20.8. The highest BCUT2D eigenvalue weighted by molar-refractivity contribution is 5.95. The highest BCUT2D eigenvalue weighted by atomic mass is 19.1. The molecule has 0 bridgehead atoms. The van der Waals surface area contributed by atoms with E-state index >= 15 is 0 Å². The molecule has 2 amide bonds. The number of amides is 2. The SMILES string of the molecule is Cc1ccccc1[C@@H]1[C@H]2CN(C(=O)C3CCC3)C[C@H]2CN1C(=O)c1ccccc1F. The van der Waals surface area contributed by atoms with Crippen LogP contribution in [0.4, 0.5) is 4.39 Å². The first-order valence-electron chi connectivity index (χ1n) is 10.9. The van der Waals surface area contributed by atoms with Crippen molar-refractivity contribution in [3.05, 3.63) is 71.0 Å². The van der Waals surface area contributed by atoms with Gasteiger partial charge in [0.15, 0.2) is 0 Å². The molecule has 3 fully saturated rings. The quantitative estimate of drug-likeness (QED) is 0.766. The molecule has 2 aliphatic heterocycles. The van der Waals surface area contributed by atoms with Gasteiger partial charge in [0.05, 0.1) is 11.6 Å². The van der Waals surface area contributed by atoms with Crippen molar-refractivity contribution in [1.29, 1.82) is 0 Å². The van der Waals surface area contributed by atoms with E-state index in [-0.39, 0.29) is 41.2 Å². The van der Waals surface area contributed by atoms with Crippen LogP contribution in [0.2, 0.25) is 0 Å². The van der Waals surface area contributed by atoms with Gasteiger partial charge in [-0.3, -0.25) is 9.59 Å². The molecule has 0 radical (unpaired) electrons. The smallest absolute Gasteiger partial charge is 0.257 e. The number of hydrogen-bond donors (Lipinski definition) is 0.